The first kappa shape index (κ1) is 18.4. The molecule has 1 unspecified atom stereocenters. The van der Waals surface area contributed by atoms with Crippen LogP contribution in [0.5, 0.6) is 0 Å². The molecule has 4 N–H and O–H groups in total. The van der Waals surface area contributed by atoms with Gasteiger partial charge in [0.25, 0.3) is 0 Å². The zero-order valence-electron chi connectivity index (χ0n) is 13.8. The summed E-state index contributed by atoms with van der Waals surface area (Å²) in [6.07, 6.45) is 1.71. The molecule has 6 heteroatoms. The number of carbonyl (C=O) groups is 1. The molecule has 1 aliphatic rings. The van der Waals surface area contributed by atoms with Gasteiger partial charge in [0, 0.05) is 32.7 Å². The molecule has 124 valence electrons. The molecule has 0 aromatic rings. The SMILES string of the molecule is CC(C)(C)OC(=O)C(N)CCN1CCN(CCCN)CC1. The summed E-state index contributed by atoms with van der Waals surface area (Å²) in [5.41, 5.74) is 11.0. The number of rotatable bonds is 7. The molecule has 1 saturated heterocycles. The molecule has 0 aromatic heterocycles. The van der Waals surface area contributed by atoms with Crippen molar-refractivity contribution in [1.82, 2.24) is 9.80 Å². The number of hydrogen-bond donors (Lipinski definition) is 2. The Kier molecular flexibility index (Phi) is 7.59. The van der Waals surface area contributed by atoms with Crippen molar-refractivity contribution in [1.29, 1.82) is 0 Å². The van der Waals surface area contributed by atoms with Crippen molar-refractivity contribution in [2.75, 3.05) is 45.8 Å². The standard InChI is InChI=1S/C15H32N4O2/c1-15(2,3)21-14(20)13(17)5-8-19-11-9-18(10-12-19)7-4-6-16/h13H,4-12,16-17H2,1-3H3. The van der Waals surface area contributed by atoms with Crippen LogP contribution >= 0.6 is 0 Å². The summed E-state index contributed by atoms with van der Waals surface area (Å²) in [7, 11) is 0. The van der Waals surface area contributed by atoms with Crippen molar-refractivity contribution in [3.05, 3.63) is 0 Å². The van der Waals surface area contributed by atoms with Crippen LogP contribution in [0.25, 0.3) is 0 Å². The lowest BCUT2D eigenvalue weighted by Gasteiger charge is -2.35. The molecule has 1 atom stereocenters. The maximum absolute atomic E-state index is 11.8. The Morgan fingerprint density at radius 2 is 1.67 bits per heavy atom. The molecule has 1 heterocycles. The summed E-state index contributed by atoms with van der Waals surface area (Å²) >= 11 is 0. The first-order valence-electron chi connectivity index (χ1n) is 7.95. The van der Waals surface area contributed by atoms with Crippen molar-refractivity contribution in [3.8, 4) is 0 Å². The molecule has 0 amide bonds. The highest BCUT2D eigenvalue weighted by Crippen LogP contribution is 2.10. The van der Waals surface area contributed by atoms with Crippen LogP contribution in [-0.4, -0.2) is 73.2 Å². The van der Waals surface area contributed by atoms with Gasteiger partial charge >= 0.3 is 5.97 Å². The third-order valence-corrected chi connectivity index (χ3v) is 3.61. The number of hydrogen-bond acceptors (Lipinski definition) is 6. The maximum Gasteiger partial charge on any atom is 0.323 e. The average molecular weight is 300 g/mol. The molecule has 0 radical (unpaired) electrons. The Labute approximate surface area is 128 Å². The molecular formula is C15H32N4O2. The van der Waals surface area contributed by atoms with Gasteiger partial charge in [-0.3, -0.25) is 4.79 Å². The summed E-state index contributed by atoms with van der Waals surface area (Å²) in [5.74, 6) is -0.302. The summed E-state index contributed by atoms with van der Waals surface area (Å²) in [5, 5.41) is 0. The smallest absolute Gasteiger partial charge is 0.323 e. The second-order valence-corrected chi connectivity index (χ2v) is 6.75. The monoisotopic (exact) mass is 300 g/mol. The van der Waals surface area contributed by atoms with Crippen LogP contribution < -0.4 is 11.5 Å². The van der Waals surface area contributed by atoms with E-state index >= 15 is 0 Å². The normalized spacial score (nSPS) is 19.5. The fourth-order valence-corrected chi connectivity index (χ4v) is 2.37. The van der Waals surface area contributed by atoms with E-state index in [1.165, 1.54) is 0 Å². The fourth-order valence-electron chi connectivity index (χ4n) is 2.37. The minimum absolute atomic E-state index is 0.302. The number of esters is 1. The van der Waals surface area contributed by atoms with Gasteiger partial charge in [0.05, 0.1) is 0 Å². The van der Waals surface area contributed by atoms with Gasteiger partial charge in [-0.25, -0.2) is 0 Å². The number of piperazine rings is 1. The van der Waals surface area contributed by atoms with E-state index in [9.17, 15) is 4.79 Å². The first-order valence-corrected chi connectivity index (χ1v) is 7.95. The third kappa shape index (κ3) is 7.76. The number of carbonyl (C=O) groups excluding carboxylic acids is 1. The van der Waals surface area contributed by atoms with Crippen molar-refractivity contribution in [2.24, 2.45) is 11.5 Å². The summed E-state index contributed by atoms with van der Waals surface area (Å²) in [4.78, 5) is 16.6. The summed E-state index contributed by atoms with van der Waals surface area (Å²) in [6.45, 7) is 12.5. The van der Waals surface area contributed by atoms with E-state index in [1.807, 2.05) is 20.8 Å². The van der Waals surface area contributed by atoms with Gasteiger partial charge in [0.2, 0.25) is 0 Å². The molecule has 1 aliphatic heterocycles. The summed E-state index contributed by atoms with van der Waals surface area (Å²) in [6, 6.07) is -0.528. The molecule has 0 spiro atoms. The Morgan fingerprint density at radius 3 is 2.14 bits per heavy atom. The van der Waals surface area contributed by atoms with Gasteiger partial charge in [-0.15, -0.1) is 0 Å². The molecule has 0 saturated carbocycles. The van der Waals surface area contributed by atoms with Crippen LogP contribution in [0, 0.1) is 0 Å². The van der Waals surface area contributed by atoms with Crippen molar-refractivity contribution in [3.63, 3.8) is 0 Å². The lowest BCUT2D eigenvalue weighted by Crippen LogP contribution is -2.48. The van der Waals surface area contributed by atoms with E-state index in [0.717, 1.165) is 52.2 Å². The van der Waals surface area contributed by atoms with Crippen LogP contribution in [0.4, 0.5) is 0 Å². The Balaban J connectivity index is 2.20. The molecule has 0 aromatic carbocycles. The van der Waals surface area contributed by atoms with E-state index in [1.54, 1.807) is 0 Å². The van der Waals surface area contributed by atoms with E-state index in [2.05, 4.69) is 9.80 Å². The maximum atomic E-state index is 11.8. The Hall–Kier alpha value is -0.690. The topological polar surface area (TPSA) is 84.8 Å². The van der Waals surface area contributed by atoms with Crippen LogP contribution in [0.3, 0.4) is 0 Å². The molecule has 1 rings (SSSR count). The number of nitrogens with two attached hydrogens (primary N) is 2. The molecule has 0 aliphatic carbocycles. The quantitative estimate of drug-likeness (QED) is 0.644. The van der Waals surface area contributed by atoms with Gasteiger partial charge in [0.1, 0.15) is 11.6 Å². The van der Waals surface area contributed by atoms with Crippen LogP contribution in [0.1, 0.15) is 33.6 Å². The minimum atomic E-state index is -0.528. The molecule has 1 fully saturated rings. The predicted octanol–water partition coefficient (Wildman–Crippen LogP) is 0.0119. The first-order chi connectivity index (χ1) is 9.81. The molecule has 0 bridgehead atoms. The highest BCUT2D eigenvalue weighted by Gasteiger charge is 2.23. The van der Waals surface area contributed by atoms with Crippen molar-refractivity contribution >= 4 is 5.97 Å². The zero-order valence-corrected chi connectivity index (χ0v) is 13.8. The highest BCUT2D eigenvalue weighted by atomic mass is 16.6. The van der Waals surface area contributed by atoms with E-state index in [0.29, 0.717) is 6.42 Å². The number of nitrogens with zero attached hydrogens (tertiary/aromatic N) is 2. The molecule has 6 nitrogen and oxygen atoms in total. The fraction of sp³-hybridized carbons (Fsp3) is 0.933. The summed E-state index contributed by atoms with van der Waals surface area (Å²) < 4.78 is 5.30. The molecule has 21 heavy (non-hydrogen) atoms. The van der Waals surface area contributed by atoms with Crippen LogP contribution in [0.2, 0.25) is 0 Å². The second-order valence-electron chi connectivity index (χ2n) is 6.75. The Morgan fingerprint density at radius 1 is 1.14 bits per heavy atom. The minimum Gasteiger partial charge on any atom is -0.459 e. The lowest BCUT2D eigenvalue weighted by molar-refractivity contribution is -0.156. The van der Waals surface area contributed by atoms with Gasteiger partial charge in [-0.1, -0.05) is 0 Å². The van der Waals surface area contributed by atoms with Gasteiger partial charge in [0.15, 0.2) is 0 Å². The largest absolute Gasteiger partial charge is 0.459 e. The van der Waals surface area contributed by atoms with Crippen LogP contribution in [-0.2, 0) is 9.53 Å². The van der Waals surface area contributed by atoms with Gasteiger partial charge in [-0.05, 0) is 46.7 Å². The predicted molar refractivity (Wildman–Crippen MR) is 85.0 cm³/mol. The molecular weight excluding hydrogens is 268 g/mol. The zero-order chi connectivity index (χ0) is 15.9. The lowest BCUT2D eigenvalue weighted by atomic mass is 10.1. The number of ether oxygens (including phenoxy) is 1. The Bertz CT molecular complexity index is 309. The second kappa shape index (κ2) is 8.68. The van der Waals surface area contributed by atoms with Crippen LogP contribution in [0.15, 0.2) is 0 Å². The van der Waals surface area contributed by atoms with Crippen molar-refractivity contribution < 1.29 is 9.53 Å². The van der Waals surface area contributed by atoms with E-state index in [4.69, 9.17) is 16.2 Å². The van der Waals surface area contributed by atoms with Crippen molar-refractivity contribution in [2.45, 2.75) is 45.3 Å². The highest BCUT2D eigenvalue weighted by molar-refractivity contribution is 5.75. The van der Waals surface area contributed by atoms with Gasteiger partial charge in [-0.2, -0.15) is 0 Å². The van der Waals surface area contributed by atoms with E-state index < -0.39 is 11.6 Å². The average Bonchev–Trinajstić information content (AvgIpc) is 2.41. The third-order valence-electron chi connectivity index (χ3n) is 3.61. The van der Waals surface area contributed by atoms with E-state index in [-0.39, 0.29) is 5.97 Å². The van der Waals surface area contributed by atoms with Gasteiger partial charge < -0.3 is 26.0 Å².